The Labute approximate surface area is 227 Å². The van der Waals surface area contributed by atoms with Gasteiger partial charge in [-0.3, -0.25) is 0 Å². The number of hydrogen-bond acceptors (Lipinski definition) is 3. The number of nitrogens with one attached hydrogen (secondary N) is 2. The quantitative estimate of drug-likeness (QED) is 0.286. The number of pyridine rings is 1. The number of hydrogen-bond donors (Lipinski definition) is 2. The summed E-state index contributed by atoms with van der Waals surface area (Å²) in [6.07, 6.45) is 1.06. The molecule has 2 aliphatic rings. The average Bonchev–Trinajstić information content (AvgIpc) is 3.30. The summed E-state index contributed by atoms with van der Waals surface area (Å²) in [6.45, 7) is 13.7. The molecule has 38 heavy (non-hydrogen) atoms. The van der Waals surface area contributed by atoms with Crippen LogP contribution in [-0.4, -0.2) is 11.0 Å². The second-order valence-electron chi connectivity index (χ2n) is 11.8. The molecule has 0 spiro atoms. The van der Waals surface area contributed by atoms with E-state index < -0.39 is 0 Å². The van der Waals surface area contributed by atoms with Crippen molar-refractivity contribution in [1.82, 2.24) is 4.98 Å². The van der Waals surface area contributed by atoms with E-state index in [4.69, 9.17) is 4.98 Å². The fourth-order valence-electron chi connectivity index (χ4n) is 6.51. The number of benzene rings is 3. The van der Waals surface area contributed by atoms with Gasteiger partial charge in [0, 0.05) is 28.9 Å². The van der Waals surface area contributed by atoms with E-state index in [1.807, 2.05) is 0 Å². The van der Waals surface area contributed by atoms with Gasteiger partial charge in [0.05, 0.1) is 17.4 Å². The van der Waals surface area contributed by atoms with Crippen molar-refractivity contribution in [2.24, 2.45) is 0 Å². The summed E-state index contributed by atoms with van der Waals surface area (Å²) in [4.78, 5) is 5.46. The van der Waals surface area contributed by atoms with Crippen LogP contribution >= 0.6 is 0 Å². The van der Waals surface area contributed by atoms with Crippen LogP contribution in [0.1, 0.15) is 104 Å². The van der Waals surface area contributed by atoms with Crippen LogP contribution in [0.4, 0.5) is 11.4 Å². The Balaban J connectivity index is 1.53. The van der Waals surface area contributed by atoms with Gasteiger partial charge in [0.15, 0.2) is 0 Å². The minimum absolute atomic E-state index is 0.0154. The summed E-state index contributed by atoms with van der Waals surface area (Å²) in [5, 5.41) is 7.78. The largest absolute Gasteiger partial charge is 0.381 e. The summed E-state index contributed by atoms with van der Waals surface area (Å²) >= 11 is 0. The molecule has 0 saturated heterocycles. The molecule has 0 bridgehead atoms. The van der Waals surface area contributed by atoms with E-state index in [0.717, 1.165) is 17.8 Å². The lowest BCUT2D eigenvalue weighted by Crippen LogP contribution is -2.25. The molecule has 3 aromatic carbocycles. The Morgan fingerprint density at radius 3 is 2.16 bits per heavy atom. The molecule has 1 aromatic heterocycles. The molecule has 2 unspecified atom stereocenters. The van der Waals surface area contributed by atoms with Crippen LogP contribution in [0.3, 0.4) is 0 Å². The van der Waals surface area contributed by atoms with Crippen LogP contribution in [0, 0.1) is 0 Å². The molecule has 0 saturated carbocycles. The van der Waals surface area contributed by atoms with E-state index in [1.54, 1.807) is 0 Å². The van der Waals surface area contributed by atoms with Crippen LogP contribution in [0.15, 0.2) is 72.8 Å². The van der Waals surface area contributed by atoms with Crippen molar-refractivity contribution in [3.05, 3.63) is 112 Å². The van der Waals surface area contributed by atoms with Crippen molar-refractivity contribution >= 4 is 11.4 Å². The van der Waals surface area contributed by atoms with Crippen molar-refractivity contribution in [3.63, 3.8) is 0 Å². The van der Waals surface area contributed by atoms with Gasteiger partial charge in [-0.15, -0.1) is 0 Å². The van der Waals surface area contributed by atoms with Crippen molar-refractivity contribution in [2.75, 3.05) is 10.6 Å². The lowest BCUT2D eigenvalue weighted by atomic mass is 9.78. The van der Waals surface area contributed by atoms with Gasteiger partial charge in [0.1, 0.15) is 0 Å². The normalized spacial score (nSPS) is 19.6. The molecular formula is C35H39N3. The SMILES string of the molecule is CC1Cc2cccc(-c3ccc4c(n3)C(Nc3c(C(C)C)cccc3C(C)C)c3ccccc3[C@H]4C)c2N1. The van der Waals surface area contributed by atoms with Gasteiger partial charge < -0.3 is 10.6 Å². The second-order valence-corrected chi connectivity index (χ2v) is 11.8. The van der Waals surface area contributed by atoms with E-state index in [1.165, 1.54) is 50.3 Å². The Hall–Kier alpha value is -3.59. The Morgan fingerprint density at radius 1 is 0.763 bits per heavy atom. The molecular weight excluding hydrogens is 462 g/mol. The summed E-state index contributed by atoms with van der Waals surface area (Å²) in [7, 11) is 0. The van der Waals surface area contributed by atoms with Gasteiger partial charge >= 0.3 is 0 Å². The van der Waals surface area contributed by atoms with Crippen molar-refractivity contribution in [3.8, 4) is 11.3 Å². The molecule has 0 fully saturated rings. The van der Waals surface area contributed by atoms with E-state index in [9.17, 15) is 0 Å². The lowest BCUT2D eigenvalue weighted by molar-refractivity contribution is 0.744. The average molecular weight is 502 g/mol. The summed E-state index contributed by atoms with van der Waals surface area (Å²) in [5.74, 6) is 1.14. The number of nitrogens with zero attached hydrogens (tertiary/aromatic N) is 1. The van der Waals surface area contributed by atoms with Crippen molar-refractivity contribution < 1.29 is 0 Å². The van der Waals surface area contributed by atoms with Gasteiger partial charge in [0.25, 0.3) is 0 Å². The number of anilines is 2. The maximum Gasteiger partial charge on any atom is 0.0946 e. The van der Waals surface area contributed by atoms with Gasteiger partial charge in [-0.2, -0.15) is 0 Å². The molecule has 3 atom stereocenters. The van der Waals surface area contributed by atoms with Gasteiger partial charge in [-0.1, -0.05) is 101 Å². The van der Waals surface area contributed by atoms with E-state index >= 15 is 0 Å². The van der Waals surface area contributed by atoms with Gasteiger partial charge in [-0.25, -0.2) is 4.98 Å². The van der Waals surface area contributed by atoms with E-state index in [2.05, 4.69) is 125 Å². The van der Waals surface area contributed by atoms with E-state index in [-0.39, 0.29) is 6.04 Å². The zero-order valence-corrected chi connectivity index (χ0v) is 23.5. The zero-order valence-electron chi connectivity index (χ0n) is 23.5. The first-order valence-corrected chi connectivity index (χ1v) is 14.2. The Kier molecular flexibility index (Phi) is 6.26. The van der Waals surface area contributed by atoms with Gasteiger partial charge in [0.2, 0.25) is 0 Å². The van der Waals surface area contributed by atoms with E-state index in [0.29, 0.717) is 23.8 Å². The summed E-state index contributed by atoms with van der Waals surface area (Å²) < 4.78 is 0. The zero-order chi connectivity index (χ0) is 26.6. The molecule has 194 valence electrons. The predicted octanol–water partition coefficient (Wildman–Crippen LogP) is 9.02. The second kappa shape index (κ2) is 9.62. The highest BCUT2D eigenvalue weighted by atomic mass is 15.0. The molecule has 6 rings (SSSR count). The highest BCUT2D eigenvalue weighted by molar-refractivity contribution is 5.80. The molecule has 0 amide bonds. The minimum atomic E-state index is -0.0154. The molecule has 1 aliphatic heterocycles. The number of fused-ring (bicyclic) bond motifs is 3. The van der Waals surface area contributed by atoms with Crippen LogP contribution < -0.4 is 10.6 Å². The number of aromatic nitrogens is 1. The van der Waals surface area contributed by atoms with Crippen LogP contribution in [0.5, 0.6) is 0 Å². The third-order valence-electron chi connectivity index (χ3n) is 8.48. The standard InChI is InChI=1S/C35H39N3/c1-20(2)25-14-10-15-26(21(3)4)33(25)38-35-29-13-8-7-12-27(29)23(6)28-17-18-31(37-34(28)35)30-16-9-11-24-19-22(5)36-32(24)30/h7-18,20-23,35-36,38H,19H2,1-6H3/t22?,23-,35?/m1/s1. The van der Waals surface area contributed by atoms with Crippen LogP contribution in [0.2, 0.25) is 0 Å². The molecule has 2 heterocycles. The molecule has 1 aliphatic carbocycles. The van der Waals surface area contributed by atoms with Gasteiger partial charge in [-0.05, 0) is 64.6 Å². The fourth-order valence-corrected chi connectivity index (χ4v) is 6.51. The summed E-state index contributed by atoms with van der Waals surface area (Å²) in [6, 6.07) is 27.3. The monoisotopic (exact) mass is 501 g/mol. The highest BCUT2D eigenvalue weighted by Crippen LogP contribution is 2.46. The third kappa shape index (κ3) is 4.09. The molecule has 2 N–H and O–H groups in total. The van der Waals surface area contributed by atoms with Crippen LogP contribution in [-0.2, 0) is 6.42 Å². The highest BCUT2D eigenvalue weighted by Gasteiger charge is 2.33. The third-order valence-corrected chi connectivity index (χ3v) is 8.48. The maximum absolute atomic E-state index is 5.46. The molecule has 4 aromatic rings. The molecule has 0 radical (unpaired) electrons. The van der Waals surface area contributed by atoms with Crippen LogP contribution in [0.25, 0.3) is 11.3 Å². The molecule has 3 nitrogen and oxygen atoms in total. The number of para-hydroxylation sites is 2. The maximum atomic E-state index is 5.46. The fraction of sp³-hybridized carbons (Fsp3) is 0.343. The van der Waals surface area contributed by atoms with Crippen molar-refractivity contribution in [1.29, 1.82) is 0 Å². The number of rotatable bonds is 5. The first-order chi connectivity index (χ1) is 18.3. The smallest absolute Gasteiger partial charge is 0.0946 e. The molecule has 3 heteroatoms. The Morgan fingerprint density at radius 2 is 1.45 bits per heavy atom. The topological polar surface area (TPSA) is 37.0 Å². The first-order valence-electron chi connectivity index (χ1n) is 14.2. The summed E-state index contributed by atoms with van der Waals surface area (Å²) in [5.41, 5.74) is 14.0. The lowest BCUT2D eigenvalue weighted by Gasteiger charge is -2.34. The first kappa shape index (κ1) is 24.7. The van der Waals surface area contributed by atoms with Crippen molar-refractivity contribution in [2.45, 2.75) is 77.8 Å². The Bertz CT molecular complexity index is 1470. The minimum Gasteiger partial charge on any atom is -0.381 e. The predicted molar refractivity (Wildman–Crippen MR) is 161 cm³/mol.